The molecule has 0 bridgehead atoms. The van der Waals surface area contributed by atoms with Gasteiger partial charge in [-0.2, -0.15) is 0 Å². The Balaban J connectivity index is 1.58. The molecule has 0 aliphatic heterocycles. The van der Waals surface area contributed by atoms with Gasteiger partial charge in [-0.25, -0.2) is 19.9 Å². The van der Waals surface area contributed by atoms with Crippen LogP contribution < -0.4 is 21.0 Å². The number of ether oxygens (including phenoxy) is 1. The van der Waals surface area contributed by atoms with Gasteiger partial charge in [0.15, 0.2) is 5.43 Å². The molecule has 4 heterocycles. The number of pyridine rings is 2. The maximum Gasteiger partial charge on any atom is 0.316 e. The molecule has 0 amide bonds. The summed E-state index contributed by atoms with van der Waals surface area (Å²) in [4.78, 5) is 47.1. The quantitative estimate of drug-likeness (QED) is 0.267. The molecule has 10 nitrogen and oxygen atoms in total. The summed E-state index contributed by atoms with van der Waals surface area (Å²) in [7, 11) is 0. The number of halogens is 1. The second kappa shape index (κ2) is 10.8. The number of H-pyrrole nitrogens is 1. The molecule has 11 heteroatoms. The number of aromatic amines is 1. The maximum atomic E-state index is 14.4. The van der Waals surface area contributed by atoms with Crippen LogP contribution in [0.15, 0.2) is 89.1 Å². The molecule has 6 aromatic rings. The molecule has 0 radical (unpaired) electrons. The number of aromatic nitrogens is 6. The molecule has 0 saturated heterocycles. The van der Waals surface area contributed by atoms with Crippen LogP contribution in [0.1, 0.15) is 25.6 Å². The highest BCUT2D eigenvalue weighted by Gasteiger charge is 2.24. The minimum absolute atomic E-state index is 0.235. The number of benzene rings is 2. The number of anilines is 1. The average molecular weight is 566 g/mol. The van der Waals surface area contributed by atoms with Crippen LogP contribution in [0, 0.1) is 0 Å². The van der Waals surface area contributed by atoms with Crippen molar-refractivity contribution in [3.63, 3.8) is 0 Å². The highest BCUT2D eigenvalue weighted by molar-refractivity contribution is 6.36. The van der Waals surface area contributed by atoms with Crippen molar-refractivity contribution >= 4 is 39.2 Å². The summed E-state index contributed by atoms with van der Waals surface area (Å²) in [6.07, 6.45) is 6.15. The standard InChI is InChI=1S/C30H24ClN7O3/c1-3-41-30-33-14-18(15-34-30)20-10-7-11-21-23(20)29(40)38(19-8-5-4-6-9-19)26(25(21)31)17(2)37-28-24-22(39)12-13-32-27(24)35-16-36-28/h4-17H,3H2,1-2H3,(H2,32,35,36,37,39)/t17-/m0/s1. The first-order valence-electron chi connectivity index (χ1n) is 12.9. The fourth-order valence-corrected chi connectivity index (χ4v) is 5.34. The Morgan fingerprint density at radius 2 is 1.76 bits per heavy atom. The van der Waals surface area contributed by atoms with Gasteiger partial charge in [0.1, 0.15) is 23.2 Å². The van der Waals surface area contributed by atoms with Crippen LogP contribution in [0.3, 0.4) is 0 Å². The molecular weight excluding hydrogens is 542 g/mol. The van der Waals surface area contributed by atoms with Gasteiger partial charge >= 0.3 is 6.01 Å². The van der Waals surface area contributed by atoms with Gasteiger partial charge in [-0.05, 0) is 31.5 Å². The maximum absolute atomic E-state index is 14.4. The van der Waals surface area contributed by atoms with Gasteiger partial charge in [-0.15, -0.1) is 0 Å². The lowest BCUT2D eigenvalue weighted by atomic mass is 9.99. The molecule has 4 aromatic heterocycles. The van der Waals surface area contributed by atoms with Crippen molar-refractivity contribution in [1.82, 2.24) is 29.5 Å². The largest absolute Gasteiger partial charge is 0.464 e. The summed E-state index contributed by atoms with van der Waals surface area (Å²) in [5.41, 5.74) is 2.33. The van der Waals surface area contributed by atoms with Crippen LogP contribution in [0.25, 0.3) is 38.6 Å². The average Bonchev–Trinajstić information content (AvgIpc) is 2.99. The van der Waals surface area contributed by atoms with Crippen molar-refractivity contribution in [1.29, 1.82) is 0 Å². The number of rotatable bonds is 7. The lowest BCUT2D eigenvalue weighted by Crippen LogP contribution is -2.27. The third-order valence-corrected chi connectivity index (χ3v) is 7.12. The molecule has 204 valence electrons. The van der Waals surface area contributed by atoms with E-state index in [9.17, 15) is 9.59 Å². The van der Waals surface area contributed by atoms with Crippen molar-refractivity contribution in [2.75, 3.05) is 11.9 Å². The first-order valence-corrected chi connectivity index (χ1v) is 13.3. The number of hydrogen-bond acceptors (Lipinski definition) is 8. The van der Waals surface area contributed by atoms with Gasteiger partial charge in [-0.1, -0.05) is 48.0 Å². The van der Waals surface area contributed by atoms with Crippen molar-refractivity contribution in [3.05, 3.63) is 111 Å². The van der Waals surface area contributed by atoms with Crippen LogP contribution in [-0.4, -0.2) is 36.1 Å². The minimum atomic E-state index is -0.546. The Morgan fingerprint density at radius 1 is 0.976 bits per heavy atom. The van der Waals surface area contributed by atoms with Crippen LogP contribution >= 0.6 is 11.6 Å². The van der Waals surface area contributed by atoms with E-state index in [4.69, 9.17) is 16.3 Å². The zero-order valence-corrected chi connectivity index (χ0v) is 22.9. The molecule has 6 rings (SSSR count). The zero-order chi connectivity index (χ0) is 28.5. The molecule has 0 spiro atoms. The second-order valence-corrected chi connectivity index (χ2v) is 9.62. The Morgan fingerprint density at radius 3 is 2.51 bits per heavy atom. The van der Waals surface area contributed by atoms with Crippen LogP contribution in [0.5, 0.6) is 6.01 Å². The summed E-state index contributed by atoms with van der Waals surface area (Å²) in [5.74, 6) is 0.327. The molecule has 0 aliphatic carbocycles. The van der Waals surface area contributed by atoms with E-state index in [1.54, 1.807) is 17.0 Å². The number of fused-ring (bicyclic) bond motifs is 2. The van der Waals surface area contributed by atoms with Gasteiger partial charge in [0, 0.05) is 41.3 Å². The lowest BCUT2D eigenvalue weighted by molar-refractivity contribution is 0.312. The van der Waals surface area contributed by atoms with Crippen molar-refractivity contribution in [3.8, 4) is 22.8 Å². The molecular formula is C30H24ClN7O3. The van der Waals surface area contributed by atoms with Gasteiger partial charge in [0.2, 0.25) is 0 Å². The number of nitrogens with one attached hydrogen (secondary N) is 2. The zero-order valence-electron chi connectivity index (χ0n) is 22.1. The fraction of sp³-hybridized carbons (Fsp3) is 0.133. The third kappa shape index (κ3) is 4.68. The smallest absolute Gasteiger partial charge is 0.316 e. The van der Waals surface area contributed by atoms with E-state index in [0.717, 1.165) is 0 Å². The van der Waals surface area contributed by atoms with Gasteiger partial charge in [-0.3, -0.25) is 14.2 Å². The van der Waals surface area contributed by atoms with E-state index in [1.165, 1.54) is 18.6 Å². The summed E-state index contributed by atoms with van der Waals surface area (Å²) in [5, 5.41) is 4.99. The van der Waals surface area contributed by atoms with E-state index >= 15 is 0 Å². The molecule has 2 N–H and O–H groups in total. The Kier molecular flexibility index (Phi) is 6.90. The predicted octanol–water partition coefficient (Wildman–Crippen LogP) is 5.30. The van der Waals surface area contributed by atoms with Crippen molar-refractivity contribution in [2.45, 2.75) is 19.9 Å². The van der Waals surface area contributed by atoms with Gasteiger partial charge < -0.3 is 15.0 Å². The first-order chi connectivity index (χ1) is 20.0. The fourth-order valence-electron chi connectivity index (χ4n) is 4.93. The molecule has 0 unspecified atom stereocenters. The molecule has 0 fully saturated rings. The number of nitrogens with zero attached hydrogens (tertiary/aromatic N) is 5. The molecule has 1 atom stereocenters. The highest BCUT2D eigenvalue weighted by atomic mass is 35.5. The topological polar surface area (TPSA) is 128 Å². The molecule has 2 aromatic carbocycles. The van der Waals surface area contributed by atoms with E-state index in [0.29, 0.717) is 61.8 Å². The third-order valence-electron chi connectivity index (χ3n) is 6.72. The highest BCUT2D eigenvalue weighted by Crippen LogP contribution is 2.36. The number of para-hydroxylation sites is 1. The monoisotopic (exact) mass is 565 g/mol. The Hall–Kier alpha value is -5.09. The normalized spacial score (nSPS) is 12.0. The van der Waals surface area contributed by atoms with Crippen LogP contribution in [0.2, 0.25) is 5.02 Å². The minimum Gasteiger partial charge on any atom is -0.464 e. The van der Waals surface area contributed by atoms with E-state index in [-0.39, 0.29) is 17.0 Å². The molecule has 0 aliphatic rings. The molecule has 41 heavy (non-hydrogen) atoms. The second-order valence-electron chi connectivity index (χ2n) is 9.24. The van der Waals surface area contributed by atoms with E-state index in [2.05, 4.69) is 30.2 Å². The van der Waals surface area contributed by atoms with Crippen molar-refractivity contribution < 1.29 is 4.74 Å². The van der Waals surface area contributed by atoms with E-state index < -0.39 is 6.04 Å². The summed E-state index contributed by atoms with van der Waals surface area (Å²) < 4.78 is 6.97. The summed E-state index contributed by atoms with van der Waals surface area (Å²) >= 11 is 7.15. The summed E-state index contributed by atoms with van der Waals surface area (Å²) in [6, 6.07) is 15.9. The van der Waals surface area contributed by atoms with Crippen molar-refractivity contribution in [2.24, 2.45) is 0 Å². The van der Waals surface area contributed by atoms with Gasteiger partial charge in [0.05, 0.1) is 28.8 Å². The predicted molar refractivity (Wildman–Crippen MR) is 159 cm³/mol. The summed E-state index contributed by atoms with van der Waals surface area (Å²) in [6.45, 7) is 4.16. The Bertz CT molecular complexity index is 2000. The molecule has 0 saturated carbocycles. The Labute approximate surface area is 238 Å². The van der Waals surface area contributed by atoms with E-state index in [1.807, 2.05) is 62.4 Å². The van der Waals surface area contributed by atoms with Crippen LogP contribution in [-0.2, 0) is 0 Å². The SMILES string of the molecule is CCOc1ncc(-c2cccc3c(Cl)c([C@H](C)Nc4ncnc5[nH]ccc(=O)c45)n(-c4ccccc4)c(=O)c23)cn1. The van der Waals surface area contributed by atoms with Gasteiger partial charge in [0.25, 0.3) is 5.56 Å². The first kappa shape index (κ1) is 26.1. The van der Waals surface area contributed by atoms with Crippen LogP contribution in [0.4, 0.5) is 5.82 Å². The number of hydrogen-bond donors (Lipinski definition) is 2. The lowest BCUT2D eigenvalue weighted by Gasteiger charge is -2.24.